The molecule has 6 heteroatoms. The number of halogens is 5. The van der Waals surface area contributed by atoms with Crippen LogP contribution in [0.5, 0.6) is 0 Å². The van der Waals surface area contributed by atoms with Crippen molar-refractivity contribution in [2.45, 2.75) is 11.8 Å². The highest BCUT2D eigenvalue weighted by Gasteiger charge is 2.18. The molecule has 1 aromatic heterocycles. The molecule has 0 bridgehead atoms. The average Bonchev–Trinajstić information content (AvgIpc) is 2.09. The fourth-order valence-electron chi connectivity index (χ4n) is 0.781. The van der Waals surface area contributed by atoms with Crippen LogP contribution in [0.4, 0.5) is 13.2 Å². The molecule has 0 unspecified atom stereocenters. The Morgan fingerprint density at radius 2 is 2.15 bits per heavy atom. The van der Waals surface area contributed by atoms with E-state index in [1.165, 1.54) is 6.07 Å². The molecule has 72 valence electrons. The Bertz CT molecular complexity index is 319. The smallest absolute Gasteiger partial charge is 0.248 e. The second-order valence-corrected chi connectivity index (χ2v) is 3.95. The molecule has 0 saturated heterocycles. The van der Waals surface area contributed by atoms with Gasteiger partial charge in [-0.1, -0.05) is 15.9 Å². The van der Waals surface area contributed by atoms with Crippen LogP contribution in [0, 0.1) is 9.39 Å². The molecule has 1 aromatic rings. The van der Waals surface area contributed by atoms with Gasteiger partial charge in [-0.25, -0.2) is 18.2 Å². The van der Waals surface area contributed by atoms with E-state index >= 15 is 0 Å². The van der Waals surface area contributed by atoms with Gasteiger partial charge in [0.1, 0.15) is 5.69 Å². The van der Waals surface area contributed by atoms with E-state index < -0.39 is 17.9 Å². The van der Waals surface area contributed by atoms with Crippen LogP contribution in [0.1, 0.15) is 17.8 Å². The van der Waals surface area contributed by atoms with Crippen molar-refractivity contribution in [1.82, 2.24) is 4.98 Å². The van der Waals surface area contributed by atoms with Crippen LogP contribution < -0.4 is 0 Å². The van der Waals surface area contributed by atoms with Gasteiger partial charge in [-0.05, 0) is 28.7 Å². The van der Waals surface area contributed by atoms with Crippen LogP contribution in [-0.4, -0.2) is 4.98 Å². The number of pyridine rings is 1. The molecular weight excluding hydrogens is 362 g/mol. The van der Waals surface area contributed by atoms with Gasteiger partial charge in [0.05, 0.1) is 9.26 Å². The topological polar surface area (TPSA) is 12.9 Å². The van der Waals surface area contributed by atoms with Crippen LogP contribution in [-0.2, 0) is 5.33 Å². The van der Waals surface area contributed by atoms with Gasteiger partial charge in [0, 0.05) is 5.33 Å². The van der Waals surface area contributed by atoms with Gasteiger partial charge in [-0.15, -0.1) is 0 Å². The molecule has 1 nitrogen and oxygen atoms in total. The first-order valence-electron chi connectivity index (χ1n) is 3.25. The van der Waals surface area contributed by atoms with Crippen molar-refractivity contribution in [2.75, 3.05) is 0 Å². The summed E-state index contributed by atoms with van der Waals surface area (Å²) in [5.74, 6) is -0.930. The summed E-state index contributed by atoms with van der Waals surface area (Å²) in [4.78, 5) is 3.47. The predicted molar refractivity (Wildman–Crippen MR) is 54.5 cm³/mol. The molecule has 0 aromatic carbocycles. The van der Waals surface area contributed by atoms with E-state index in [-0.39, 0.29) is 3.57 Å². The molecule has 0 aliphatic rings. The van der Waals surface area contributed by atoms with Crippen LogP contribution in [0.25, 0.3) is 0 Å². The summed E-state index contributed by atoms with van der Waals surface area (Å²) in [5, 5.41) is 0.336. The Morgan fingerprint density at radius 3 is 2.62 bits per heavy atom. The number of aromatic nitrogens is 1. The summed E-state index contributed by atoms with van der Waals surface area (Å²) in [7, 11) is 0. The Kier molecular flexibility index (Phi) is 3.96. The minimum Gasteiger partial charge on any atom is -0.248 e. The molecule has 0 atom stereocenters. The maximum absolute atomic E-state index is 13.0. The molecule has 0 N–H and O–H groups in total. The van der Waals surface area contributed by atoms with Crippen LogP contribution in [0.2, 0.25) is 0 Å². The summed E-state index contributed by atoms with van der Waals surface area (Å²) in [6.07, 6.45) is -2.87. The molecule has 0 saturated carbocycles. The number of hydrogen-bond acceptors (Lipinski definition) is 1. The van der Waals surface area contributed by atoms with Crippen molar-refractivity contribution in [2.24, 2.45) is 0 Å². The third-order valence-corrected chi connectivity index (χ3v) is 2.70. The molecule has 0 aliphatic heterocycles. The first-order chi connectivity index (χ1) is 6.06. The normalized spacial score (nSPS) is 10.9. The van der Waals surface area contributed by atoms with Gasteiger partial charge < -0.3 is 0 Å². The second kappa shape index (κ2) is 4.59. The molecule has 1 rings (SSSR count). The van der Waals surface area contributed by atoms with E-state index in [2.05, 4.69) is 20.9 Å². The maximum atomic E-state index is 13.0. The van der Waals surface area contributed by atoms with Gasteiger partial charge in [0.2, 0.25) is 0 Å². The van der Waals surface area contributed by atoms with Crippen LogP contribution >= 0.6 is 38.5 Å². The second-order valence-electron chi connectivity index (χ2n) is 2.23. The van der Waals surface area contributed by atoms with Crippen molar-refractivity contribution in [1.29, 1.82) is 0 Å². The zero-order valence-electron chi connectivity index (χ0n) is 6.20. The van der Waals surface area contributed by atoms with E-state index in [0.717, 1.165) is 0 Å². The van der Waals surface area contributed by atoms with Crippen molar-refractivity contribution < 1.29 is 13.2 Å². The summed E-state index contributed by atoms with van der Waals surface area (Å²) >= 11 is 4.73. The molecule has 0 radical (unpaired) electrons. The van der Waals surface area contributed by atoms with Crippen molar-refractivity contribution in [3.8, 4) is 0 Å². The lowest BCUT2D eigenvalue weighted by atomic mass is 10.3. The number of nitrogens with zero attached hydrogens (tertiary/aromatic N) is 1. The van der Waals surface area contributed by atoms with Crippen molar-refractivity contribution in [3.05, 3.63) is 26.8 Å². The van der Waals surface area contributed by atoms with Crippen LogP contribution in [0.15, 0.2) is 6.07 Å². The largest absolute Gasteiger partial charge is 0.283 e. The monoisotopic (exact) mass is 365 g/mol. The van der Waals surface area contributed by atoms with E-state index in [1.807, 2.05) is 0 Å². The fourth-order valence-corrected chi connectivity index (χ4v) is 1.70. The number of hydrogen-bond donors (Lipinski definition) is 0. The maximum Gasteiger partial charge on any atom is 0.283 e. The van der Waals surface area contributed by atoms with E-state index in [1.54, 1.807) is 22.6 Å². The standard InChI is InChI=1S/C7H4BrF3IN/c8-2-3-1-4(12)5(9)6(13-3)7(10)11/h1,7H,2H2. The van der Waals surface area contributed by atoms with E-state index in [4.69, 9.17) is 0 Å². The Labute approximate surface area is 95.0 Å². The SMILES string of the molecule is Fc1c(I)cc(CBr)nc1C(F)F. The van der Waals surface area contributed by atoms with Gasteiger partial charge in [-0.2, -0.15) is 0 Å². The summed E-state index contributed by atoms with van der Waals surface area (Å²) in [6.45, 7) is 0. The minimum atomic E-state index is -2.87. The highest BCUT2D eigenvalue weighted by Crippen LogP contribution is 2.24. The highest BCUT2D eigenvalue weighted by atomic mass is 127. The summed E-state index contributed by atoms with van der Waals surface area (Å²) < 4.78 is 37.6. The Balaban J connectivity index is 3.25. The van der Waals surface area contributed by atoms with E-state index in [0.29, 0.717) is 11.0 Å². The molecule has 13 heavy (non-hydrogen) atoms. The predicted octanol–water partition coefficient (Wildman–Crippen LogP) is 3.66. The van der Waals surface area contributed by atoms with Gasteiger partial charge in [0.25, 0.3) is 6.43 Å². The number of rotatable bonds is 2. The summed E-state index contributed by atoms with van der Waals surface area (Å²) in [6, 6.07) is 1.43. The highest BCUT2D eigenvalue weighted by molar-refractivity contribution is 14.1. The number of alkyl halides is 3. The van der Waals surface area contributed by atoms with Crippen molar-refractivity contribution in [3.63, 3.8) is 0 Å². The quantitative estimate of drug-likeness (QED) is 0.575. The molecular formula is C7H4BrF3IN. The lowest BCUT2D eigenvalue weighted by Gasteiger charge is -2.04. The average molecular weight is 366 g/mol. The lowest BCUT2D eigenvalue weighted by Crippen LogP contribution is -2.01. The minimum absolute atomic E-state index is 0.164. The molecule has 0 fully saturated rings. The Morgan fingerprint density at radius 1 is 1.54 bits per heavy atom. The first kappa shape index (κ1) is 11.2. The van der Waals surface area contributed by atoms with Gasteiger partial charge in [0.15, 0.2) is 5.82 Å². The fraction of sp³-hybridized carbons (Fsp3) is 0.286. The molecule has 0 spiro atoms. The zero-order chi connectivity index (χ0) is 10.0. The third kappa shape index (κ3) is 2.55. The van der Waals surface area contributed by atoms with Gasteiger partial charge in [-0.3, -0.25) is 0 Å². The van der Waals surface area contributed by atoms with Gasteiger partial charge >= 0.3 is 0 Å². The third-order valence-electron chi connectivity index (χ3n) is 1.34. The van der Waals surface area contributed by atoms with Crippen LogP contribution in [0.3, 0.4) is 0 Å². The molecule has 0 aliphatic carbocycles. The van der Waals surface area contributed by atoms with E-state index in [9.17, 15) is 13.2 Å². The Hall–Kier alpha value is 0.150. The lowest BCUT2D eigenvalue weighted by molar-refractivity contribution is 0.140. The zero-order valence-corrected chi connectivity index (χ0v) is 9.94. The van der Waals surface area contributed by atoms with Crippen molar-refractivity contribution >= 4 is 38.5 Å². The molecule has 1 heterocycles. The summed E-state index contributed by atoms with van der Waals surface area (Å²) in [5.41, 5.74) is -0.373. The first-order valence-corrected chi connectivity index (χ1v) is 5.45. The molecule has 0 amide bonds.